The summed E-state index contributed by atoms with van der Waals surface area (Å²) in [5, 5.41) is 2.81. The number of rotatable bonds is 8. The van der Waals surface area contributed by atoms with Gasteiger partial charge in [-0.15, -0.1) is 0 Å². The summed E-state index contributed by atoms with van der Waals surface area (Å²) >= 11 is 3.45. The lowest BCUT2D eigenvalue weighted by Gasteiger charge is -2.31. The fraction of sp³-hybridized carbons (Fsp3) is 0.650. The first-order valence-corrected chi connectivity index (χ1v) is 10.4. The van der Waals surface area contributed by atoms with Crippen LogP contribution in [0.1, 0.15) is 58.4 Å². The minimum absolute atomic E-state index is 0.204. The highest BCUT2D eigenvalue weighted by Crippen LogP contribution is 2.32. The predicted molar refractivity (Wildman–Crippen MR) is 105 cm³/mol. The zero-order chi connectivity index (χ0) is 18.3. The highest BCUT2D eigenvalue weighted by molar-refractivity contribution is 9.09. The third-order valence-corrected chi connectivity index (χ3v) is 4.79. The Morgan fingerprint density at radius 1 is 1.20 bits per heavy atom. The molecular weight excluding hydrogens is 382 g/mol. The average molecular weight is 412 g/mol. The summed E-state index contributed by atoms with van der Waals surface area (Å²) in [7, 11) is 0. The number of aryl methyl sites for hydroxylation is 1. The molecule has 1 aromatic rings. The van der Waals surface area contributed by atoms with Crippen molar-refractivity contribution in [3.05, 3.63) is 23.8 Å². The molecule has 0 saturated carbocycles. The van der Waals surface area contributed by atoms with Crippen molar-refractivity contribution in [3.63, 3.8) is 0 Å². The van der Waals surface area contributed by atoms with E-state index in [1.807, 2.05) is 32.9 Å². The molecule has 0 spiro atoms. The SMILES string of the molecule is CC(C)(C)C(=O)ON1CCCc2cc(OCCCCCCBr)ccc21. The van der Waals surface area contributed by atoms with E-state index in [-0.39, 0.29) is 5.97 Å². The van der Waals surface area contributed by atoms with Gasteiger partial charge in [-0.05, 0) is 70.2 Å². The molecule has 1 aliphatic rings. The zero-order valence-corrected chi connectivity index (χ0v) is 17.2. The van der Waals surface area contributed by atoms with Gasteiger partial charge in [-0.3, -0.25) is 0 Å². The number of alkyl halides is 1. The molecule has 0 radical (unpaired) electrons. The quantitative estimate of drug-likeness (QED) is 0.430. The van der Waals surface area contributed by atoms with E-state index in [4.69, 9.17) is 9.57 Å². The average Bonchev–Trinajstić information content (AvgIpc) is 2.57. The number of anilines is 1. The zero-order valence-electron chi connectivity index (χ0n) is 15.6. The first-order valence-electron chi connectivity index (χ1n) is 9.23. The van der Waals surface area contributed by atoms with Crippen LogP contribution in [0.5, 0.6) is 5.75 Å². The van der Waals surface area contributed by atoms with Gasteiger partial charge in [0.1, 0.15) is 5.75 Å². The van der Waals surface area contributed by atoms with Crippen LogP contribution in [-0.2, 0) is 16.1 Å². The van der Waals surface area contributed by atoms with Crippen LogP contribution in [0, 0.1) is 5.41 Å². The minimum atomic E-state index is -0.504. The van der Waals surface area contributed by atoms with Gasteiger partial charge in [0.15, 0.2) is 0 Å². The smallest absolute Gasteiger partial charge is 0.337 e. The van der Waals surface area contributed by atoms with Crippen molar-refractivity contribution >= 4 is 27.6 Å². The van der Waals surface area contributed by atoms with Crippen molar-refractivity contribution < 1.29 is 14.4 Å². The molecule has 1 aromatic carbocycles. The fourth-order valence-electron chi connectivity index (χ4n) is 2.70. The Balaban J connectivity index is 1.91. The second-order valence-corrected chi connectivity index (χ2v) is 8.37. The number of fused-ring (bicyclic) bond motifs is 1. The van der Waals surface area contributed by atoms with Crippen LogP contribution in [-0.4, -0.2) is 24.5 Å². The lowest BCUT2D eigenvalue weighted by Crippen LogP contribution is -2.36. The Morgan fingerprint density at radius 2 is 1.96 bits per heavy atom. The molecule has 0 atom stereocenters. The van der Waals surface area contributed by atoms with E-state index in [1.165, 1.54) is 24.8 Å². The molecule has 0 amide bonds. The van der Waals surface area contributed by atoms with Crippen molar-refractivity contribution in [2.24, 2.45) is 5.41 Å². The van der Waals surface area contributed by atoms with Crippen molar-refractivity contribution in [1.82, 2.24) is 0 Å². The molecule has 140 valence electrons. The standard InChI is InChI=1S/C20H30BrNO3/c1-20(2,3)19(23)25-22-13-8-9-16-15-17(10-11-18(16)22)24-14-7-5-4-6-12-21/h10-11,15H,4-9,12-14H2,1-3H3. The van der Waals surface area contributed by atoms with E-state index < -0.39 is 5.41 Å². The maximum absolute atomic E-state index is 12.2. The summed E-state index contributed by atoms with van der Waals surface area (Å²) < 4.78 is 5.88. The van der Waals surface area contributed by atoms with E-state index >= 15 is 0 Å². The van der Waals surface area contributed by atoms with Crippen molar-refractivity contribution in [2.45, 2.75) is 59.3 Å². The summed E-state index contributed by atoms with van der Waals surface area (Å²) in [5.74, 6) is 0.701. The Kier molecular flexibility index (Phi) is 7.60. The first kappa shape index (κ1) is 20.1. The van der Waals surface area contributed by atoms with Gasteiger partial charge in [-0.25, -0.2) is 9.86 Å². The van der Waals surface area contributed by atoms with Crippen LogP contribution < -0.4 is 9.80 Å². The number of halogens is 1. The molecule has 4 nitrogen and oxygen atoms in total. The maximum atomic E-state index is 12.2. The Hall–Kier alpha value is -1.23. The molecule has 0 unspecified atom stereocenters. The van der Waals surface area contributed by atoms with Gasteiger partial charge in [-0.2, -0.15) is 0 Å². The number of ether oxygens (including phenoxy) is 1. The minimum Gasteiger partial charge on any atom is -0.494 e. The van der Waals surface area contributed by atoms with E-state index in [0.717, 1.165) is 49.2 Å². The van der Waals surface area contributed by atoms with Gasteiger partial charge >= 0.3 is 5.97 Å². The molecule has 2 rings (SSSR count). The monoisotopic (exact) mass is 411 g/mol. The Morgan fingerprint density at radius 3 is 2.68 bits per heavy atom. The van der Waals surface area contributed by atoms with Crippen LogP contribution >= 0.6 is 15.9 Å². The van der Waals surface area contributed by atoms with Gasteiger partial charge in [0.2, 0.25) is 0 Å². The number of hydroxylamine groups is 1. The normalized spacial score (nSPS) is 14.2. The van der Waals surface area contributed by atoms with E-state index in [2.05, 4.69) is 22.0 Å². The van der Waals surface area contributed by atoms with Gasteiger partial charge < -0.3 is 9.57 Å². The second-order valence-electron chi connectivity index (χ2n) is 7.58. The largest absolute Gasteiger partial charge is 0.494 e. The Bertz CT molecular complexity index is 569. The number of hydrogen-bond donors (Lipinski definition) is 0. The summed E-state index contributed by atoms with van der Waals surface area (Å²) in [6.45, 7) is 7.10. The lowest BCUT2D eigenvalue weighted by atomic mass is 9.97. The van der Waals surface area contributed by atoms with Crippen molar-refractivity contribution in [1.29, 1.82) is 0 Å². The number of carbonyl (C=O) groups is 1. The summed E-state index contributed by atoms with van der Waals surface area (Å²) in [4.78, 5) is 17.8. The van der Waals surface area contributed by atoms with Gasteiger partial charge in [0, 0.05) is 5.33 Å². The summed E-state index contributed by atoms with van der Waals surface area (Å²) in [6, 6.07) is 6.07. The van der Waals surface area contributed by atoms with E-state index in [9.17, 15) is 4.79 Å². The van der Waals surface area contributed by atoms with Crippen LogP contribution in [0.4, 0.5) is 5.69 Å². The highest BCUT2D eigenvalue weighted by atomic mass is 79.9. The van der Waals surface area contributed by atoms with Gasteiger partial charge in [0.25, 0.3) is 0 Å². The van der Waals surface area contributed by atoms with E-state index in [1.54, 1.807) is 5.06 Å². The van der Waals surface area contributed by atoms with Crippen LogP contribution in [0.15, 0.2) is 18.2 Å². The topological polar surface area (TPSA) is 38.8 Å². The molecule has 0 aliphatic carbocycles. The van der Waals surface area contributed by atoms with Crippen molar-refractivity contribution in [2.75, 3.05) is 23.5 Å². The molecule has 0 N–H and O–H groups in total. The molecule has 0 fully saturated rings. The van der Waals surface area contributed by atoms with Gasteiger partial charge in [-0.1, -0.05) is 28.8 Å². The van der Waals surface area contributed by atoms with Gasteiger partial charge in [0.05, 0.1) is 24.3 Å². The first-order chi connectivity index (χ1) is 11.9. The highest BCUT2D eigenvalue weighted by Gasteiger charge is 2.28. The van der Waals surface area contributed by atoms with Crippen LogP contribution in [0.25, 0.3) is 0 Å². The van der Waals surface area contributed by atoms with Crippen molar-refractivity contribution in [3.8, 4) is 5.75 Å². The molecule has 1 aliphatic heterocycles. The second kappa shape index (κ2) is 9.46. The molecule has 0 bridgehead atoms. The third-order valence-electron chi connectivity index (χ3n) is 4.23. The molecule has 5 heteroatoms. The number of benzene rings is 1. The molecule has 0 aromatic heterocycles. The maximum Gasteiger partial charge on any atom is 0.337 e. The van der Waals surface area contributed by atoms with Crippen LogP contribution in [0.3, 0.4) is 0 Å². The lowest BCUT2D eigenvalue weighted by molar-refractivity contribution is -0.154. The predicted octanol–water partition coefficient (Wildman–Crippen LogP) is 5.28. The molecular formula is C20H30BrNO3. The van der Waals surface area contributed by atoms with E-state index in [0.29, 0.717) is 0 Å². The fourth-order valence-corrected chi connectivity index (χ4v) is 3.10. The number of hydrogen-bond acceptors (Lipinski definition) is 4. The number of nitrogens with zero attached hydrogens (tertiary/aromatic N) is 1. The Labute approximate surface area is 160 Å². The molecule has 25 heavy (non-hydrogen) atoms. The van der Waals surface area contributed by atoms with Crippen LogP contribution in [0.2, 0.25) is 0 Å². The number of carbonyl (C=O) groups excluding carboxylic acids is 1. The summed E-state index contributed by atoms with van der Waals surface area (Å²) in [5.41, 5.74) is 1.66. The number of unbranched alkanes of at least 4 members (excludes halogenated alkanes) is 3. The summed E-state index contributed by atoms with van der Waals surface area (Å²) in [6.07, 6.45) is 6.71. The third kappa shape index (κ3) is 6.21. The molecule has 0 saturated heterocycles. The molecule has 1 heterocycles.